The van der Waals surface area contributed by atoms with Gasteiger partial charge in [-0.25, -0.2) is 0 Å². The molecule has 0 aliphatic rings. The van der Waals surface area contributed by atoms with Gasteiger partial charge in [-0.15, -0.1) is 0 Å². The van der Waals surface area contributed by atoms with Gasteiger partial charge in [0, 0.05) is 11.3 Å². The Hall–Kier alpha value is -2.62. The summed E-state index contributed by atoms with van der Waals surface area (Å²) in [5, 5.41) is 2.76. The van der Waals surface area contributed by atoms with Gasteiger partial charge in [0.05, 0.1) is 6.04 Å². The Labute approximate surface area is 124 Å². The second-order valence-electron chi connectivity index (χ2n) is 4.95. The van der Waals surface area contributed by atoms with Gasteiger partial charge in [0.25, 0.3) is 5.91 Å². The van der Waals surface area contributed by atoms with E-state index in [0.717, 1.165) is 5.56 Å². The van der Waals surface area contributed by atoms with Gasteiger partial charge in [0.1, 0.15) is 0 Å². The molecule has 3 N–H and O–H groups in total. The fourth-order valence-corrected chi connectivity index (χ4v) is 2.07. The van der Waals surface area contributed by atoms with Crippen LogP contribution in [-0.4, -0.2) is 17.7 Å². The highest BCUT2D eigenvalue weighted by molar-refractivity contribution is 5.98. The van der Waals surface area contributed by atoms with E-state index in [9.17, 15) is 9.59 Å². The first-order chi connectivity index (χ1) is 10.1. The monoisotopic (exact) mass is 282 g/mol. The predicted octanol–water partition coefficient (Wildman–Crippen LogP) is 2.20. The van der Waals surface area contributed by atoms with E-state index in [0.29, 0.717) is 17.7 Å². The molecule has 0 saturated heterocycles. The molecular formula is C17H18N2O2. The fraction of sp³-hybridized carbons (Fsp3) is 0.176. The van der Waals surface area contributed by atoms with Crippen LogP contribution in [0.5, 0.6) is 0 Å². The molecule has 2 aromatic carbocycles. The van der Waals surface area contributed by atoms with Gasteiger partial charge in [-0.05, 0) is 37.1 Å². The van der Waals surface area contributed by atoms with Crippen molar-refractivity contribution in [2.45, 2.75) is 19.4 Å². The van der Waals surface area contributed by atoms with E-state index >= 15 is 0 Å². The maximum Gasteiger partial charge on any atom is 0.251 e. The van der Waals surface area contributed by atoms with Gasteiger partial charge in [0.2, 0.25) is 0 Å². The number of benzene rings is 2. The minimum atomic E-state index is -0.540. The molecule has 21 heavy (non-hydrogen) atoms. The van der Waals surface area contributed by atoms with Gasteiger partial charge in [-0.1, -0.05) is 36.4 Å². The number of ketones is 1. The Morgan fingerprint density at radius 3 is 2.43 bits per heavy atom. The third-order valence-corrected chi connectivity index (χ3v) is 3.23. The summed E-state index contributed by atoms with van der Waals surface area (Å²) in [6.45, 7) is 1.48. The van der Waals surface area contributed by atoms with Gasteiger partial charge < -0.3 is 11.1 Å². The molecule has 108 valence electrons. The van der Waals surface area contributed by atoms with Crippen LogP contribution in [0.25, 0.3) is 0 Å². The number of Topliss-reactive ketones (excluding diaryl/α,β-unsaturated/α-hetero) is 1. The maximum absolute atomic E-state index is 12.2. The van der Waals surface area contributed by atoms with Crippen molar-refractivity contribution in [2.75, 3.05) is 5.73 Å². The largest absolute Gasteiger partial charge is 0.399 e. The van der Waals surface area contributed by atoms with Gasteiger partial charge in [-0.2, -0.15) is 0 Å². The highest BCUT2D eigenvalue weighted by atomic mass is 16.2. The van der Waals surface area contributed by atoms with Crippen LogP contribution in [0.2, 0.25) is 0 Å². The van der Waals surface area contributed by atoms with Crippen LogP contribution in [0.15, 0.2) is 54.6 Å². The lowest BCUT2D eigenvalue weighted by Gasteiger charge is -2.16. The summed E-state index contributed by atoms with van der Waals surface area (Å²) in [5.74, 6) is -0.366. The van der Waals surface area contributed by atoms with Crippen LogP contribution < -0.4 is 11.1 Å². The minimum absolute atomic E-state index is 0.0730. The summed E-state index contributed by atoms with van der Waals surface area (Å²) in [7, 11) is 0. The molecule has 0 unspecified atom stereocenters. The maximum atomic E-state index is 12.2. The van der Waals surface area contributed by atoms with Crippen molar-refractivity contribution in [2.24, 2.45) is 0 Å². The number of carbonyl (C=O) groups is 2. The van der Waals surface area contributed by atoms with E-state index in [1.165, 1.54) is 6.92 Å². The third-order valence-electron chi connectivity index (χ3n) is 3.23. The smallest absolute Gasteiger partial charge is 0.251 e. The van der Waals surface area contributed by atoms with Crippen molar-refractivity contribution in [3.8, 4) is 0 Å². The summed E-state index contributed by atoms with van der Waals surface area (Å²) < 4.78 is 0. The molecule has 0 aliphatic carbocycles. The highest BCUT2D eigenvalue weighted by Gasteiger charge is 2.18. The van der Waals surface area contributed by atoms with Crippen LogP contribution >= 0.6 is 0 Å². The number of carbonyl (C=O) groups excluding carboxylic acids is 2. The number of hydrogen-bond acceptors (Lipinski definition) is 3. The van der Waals surface area contributed by atoms with E-state index in [-0.39, 0.29) is 11.7 Å². The molecule has 0 bridgehead atoms. The molecular weight excluding hydrogens is 264 g/mol. The number of nitrogen functional groups attached to an aromatic ring is 1. The Morgan fingerprint density at radius 2 is 1.81 bits per heavy atom. The highest BCUT2D eigenvalue weighted by Crippen LogP contribution is 2.08. The SMILES string of the molecule is CC(=O)[C@H](Cc1ccccc1)NC(=O)c1cccc(N)c1. The standard InChI is InChI=1S/C17H18N2O2/c1-12(20)16(10-13-6-3-2-4-7-13)19-17(21)14-8-5-9-15(18)11-14/h2-9,11,16H,10,18H2,1H3,(H,19,21)/t16-/m0/s1. The number of hydrogen-bond donors (Lipinski definition) is 2. The molecule has 1 atom stereocenters. The molecule has 0 aliphatic heterocycles. The lowest BCUT2D eigenvalue weighted by atomic mass is 10.0. The minimum Gasteiger partial charge on any atom is -0.399 e. The Morgan fingerprint density at radius 1 is 1.10 bits per heavy atom. The summed E-state index contributed by atoms with van der Waals surface area (Å²) >= 11 is 0. The quantitative estimate of drug-likeness (QED) is 0.826. The number of anilines is 1. The van der Waals surface area contributed by atoms with Crippen molar-refractivity contribution in [1.82, 2.24) is 5.32 Å². The summed E-state index contributed by atoms with van der Waals surface area (Å²) in [6.07, 6.45) is 0.476. The van der Waals surface area contributed by atoms with E-state index in [1.54, 1.807) is 24.3 Å². The van der Waals surface area contributed by atoms with E-state index in [4.69, 9.17) is 5.73 Å². The topological polar surface area (TPSA) is 72.2 Å². The number of rotatable bonds is 5. The van der Waals surface area contributed by atoms with Crippen LogP contribution in [-0.2, 0) is 11.2 Å². The Kier molecular flexibility index (Phi) is 4.72. The molecule has 0 radical (unpaired) electrons. The van der Waals surface area contributed by atoms with E-state index in [1.807, 2.05) is 30.3 Å². The van der Waals surface area contributed by atoms with Crippen molar-refractivity contribution in [3.05, 3.63) is 65.7 Å². The zero-order valence-electron chi connectivity index (χ0n) is 11.9. The first-order valence-electron chi connectivity index (χ1n) is 6.77. The molecule has 0 fully saturated rings. The molecule has 2 aromatic rings. The van der Waals surface area contributed by atoms with Crippen LogP contribution in [0, 0.1) is 0 Å². The first-order valence-corrected chi connectivity index (χ1v) is 6.77. The van der Waals surface area contributed by atoms with E-state index < -0.39 is 6.04 Å². The zero-order valence-corrected chi connectivity index (χ0v) is 11.9. The molecule has 2 rings (SSSR count). The van der Waals surface area contributed by atoms with E-state index in [2.05, 4.69) is 5.32 Å². The zero-order chi connectivity index (χ0) is 15.2. The molecule has 0 heterocycles. The van der Waals surface area contributed by atoms with Crippen molar-refractivity contribution in [1.29, 1.82) is 0 Å². The normalized spacial score (nSPS) is 11.7. The predicted molar refractivity (Wildman–Crippen MR) is 82.9 cm³/mol. The van der Waals surface area contributed by atoms with Crippen LogP contribution in [0.3, 0.4) is 0 Å². The number of nitrogens with one attached hydrogen (secondary N) is 1. The summed E-state index contributed by atoms with van der Waals surface area (Å²) in [4.78, 5) is 23.9. The summed E-state index contributed by atoms with van der Waals surface area (Å²) in [5.41, 5.74) is 7.64. The molecule has 4 nitrogen and oxygen atoms in total. The third kappa shape index (κ3) is 4.18. The average Bonchev–Trinajstić information content (AvgIpc) is 2.47. The first kappa shape index (κ1) is 14.8. The Bertz CT molecular complexity index is 638. The fourth-order valence-electron chi connectivity index (χ4n) is 2.07. The van der Waals surface area contributed by atoms with Gasteiger partial charge in [-0.3, -0.25) is 9.59 Å². The van der Waals surface area contributed by atoms with Gasteiger partial charge in [0.15, 0.2) is 5.78 Å². The number of nitrogens with two attached hydrogens (primary N) is 1. The Balaban J connectivity index is 2.10. The lowest BCUT2D eigenvalue weighted by molar-refractivity contribution is -0.118. The average molecular weight is 282 g/mol. The molecule has 0 spiro atoms. The number of amides is 1. The van der Waals surface area contributed by atoms with Crippen LogP contribution in [0.4, 0.5) is 5.69 Å². The second kappa shape index (κ2) is 6.70. The second-order valence-corrected chi connectivity index (χ2v) is 4.95. The van der Waals surface area contributed by atoms with Gasteiger partial charge >= 0.3 is 0 Å². The van der Waals surface area contributed by atoms with Crippen LogP contribution in [0.1, 0.15) is 22.8 Å². The molecule has 1 amide bonds. The van der Waals surface area contributed by atoms with Crippen molar-refractivity contribution < 1.29 is 9.59 Å². The molecule has 4 heteroatoms. The summed E-state index contributed by atoms with van der Waals surface area (Å²) in [6, 6.07) is 15.7. The van der Waals surface area contributed by atoms with Crippen molar-refractivity contribution in [3.63, 3.8) is 0 Å². The van der Waals surface area contributed by atoms with Crippen molar-refractivity contribution >= 4 is 17.4 Å². The lowest BCUT2D eigenvalue weighted by Crippen LogP contribution is -2.41. The molecule has 0 saturated carbocycles. The molecule has 0 aromatic heterocycles.